The normalized spacial score (nSPS) is 15.7. The number of aromatic amines is 1. The van der Waals surface area contributed by atoms with Gasteiger partial charge in [-0.25, -0.2) is 4.98 Å². The van der Waals surface area contributed by atoms with Crippen LogP contribution >= 0.6 is 0 Å². The van der Waals surface area contributed by atoms with Crippen molar-refractivity contribution in [3.8, 4) is 0 Å². The number of amides is 1. The summed E-state index contributed by atoms with van der Waals surface area (Å²) in [5, 5.41) is 16.1. The summed E-state index contributed by atoms with van der Waals surface area (Å²) < 4.78 is 0. The molecule has 0 spiro atoms. The lowest BCUT2D eigenvalue weighted by Gasteiger charge is -2.27. The minimum atomic E-state index is -0.568. The molecule has 0 bridgehead atoms. The number of H-pyrrole nitrogens is 1. The maximum atomic E-state index is 11.5. The third-order valence-corrected chi connectivity index (χ3v) is 2.23. The van der Waals surface area contributed by atoms with E-state index in [0.29, 0.717) is 0 Å². The van der Waals surface area contributed by atoms with Crippen molar-refractivity contribution in [3.63, 3.8) is 0 Å². The summed E-state index contributed by atoms with van der Waals surface area (Å²) in [4.78, 5) is 23.7. The summed E-state index contributed by atoms with van der Waals surface area (Å²) in [5.41, 5.74) is 0.216. The van der Waals surface area contributed by atoms with Crippen LogP contribution in [-0.4, -0.2) is 34.9 Å². The maximum absolute atomic E-state index is 11.5. The van der Waals surface area contributed by atoms with E-state index in [1.54, 1.807) is 0 Å². The van der Waals surface area contributed by atoms with Gasteiger partial charge in [-0.05, 0) is 11.0 Å². The summed E-state index contributed by atoms with van der Waals surface area (Å²) in [5.74, 6) is -0.485. The first-order valence-corrected chi connectivity index (χ1v) is 4.52. The second-order valence-electron chi connectivity index (χ2n) is 3.34. The van der Waals surface area contributed by atoms with Crippen LogP contribution in [0.3, 0.4) is 0 Å². The predicted molar refractivity (Wildman–Crippen MR) is 51.6 cm³/mol. The molecule has 2 rings (SSSR count). The van der Waals surface area contributed by atoms with E-state index in [-0.39, 0.29) is 23.5 Å². The van der Waals surface area contributed by atoms with Gasteiger partial charge in [-0.1, -0.05) is 0 Å². The lowest BCUT2D eigenvalue weighted by molar-refractivity contribution is -0.389. The van der Waals surface area contributed by atoms with Crippen molar-refractivity contribution in [3.05, 3.63) is 27.9 Å². The Labute approximate surface area is 85.0 Å². The lowest BCUT2D eigenvalue weighted by atomic mass is 10.2. The zero-order valence-electron chi connectivity index (χ0n) is 7.82. The minimum absolute atomic E-state index is 0.125. The van der Waals surface area contributed by atoms with E-state index in [2.05, 4.69) is 15.6 Å². The lowest BCUT2D eigenvalue weighted by Crippen LogP contribution is -2.56. The number of nitro groups is 1. The van der Waals surface area contributed by atoms with Crippen molar-refractivity contribution in [2.45, 2.75) is 6.04 Å². The summed E-state index contributed by atoms with van der Waals surface area (Å²) in [6.07, 6.45) is 0. The first-order chi connectivity index (χ1) is 7.16. The van der Waals surface area contributed by atoms with Gasteiger partial charge in [0, 0.05) is 19.2 Å². The van der Waals surface area contributed by atoms with Crippen molar-refractivity contribution in [2.75, 3.05) is 13.1 Å². The fourth-order valence-electron chi connectivity index (χ4n) is 1.28. The number of hydrogen-bond donors (Lipinski definition) is 3. The first-order valence-electron chi connectivity index (χ1n) is 4.52. The largest absolute Gasteiger partial charge is 0.358 e. The van der Waals surface area contributed by atoms with Gasteiger partial charge >= 0.3 is 5.82 Å². The van der Waals surface area contributed by atoms with Crippen molar-refractivity contribution in [2.24, 2.45) is 0 Å². The Morgan fingerprint density at radius 2 is 2.27 bits per heavy atom. The second kappa shape index (κ2) is 3.70. The van der Waals surface area contributed by atoms with Crippen molar-refractivity contribution >= 4 is 11.7 Å². The molecule has 2 heterocycles. The highest BCUT2D eigenvalue weighted by molar-refractivity contribution is 5.93. The molecule has 0 atom stereocenters. The molecule has 1 aliphatic heterocycles. The smallest absolute Gasteiger partial charge is 0.321 e. The van der Waals surface area contributed by atoms with Crippen LogP contribution in [0.25, 0.3) is 0 Å². The van der Waals surface area contributed by atoms with E-state index < -0.39 is 4.92 Å². The van der Waals surface area contributed by atoms with E-state index in [0.717, 1.165) is 13.1 Å². The molecule has 0 aliphatic carbocycles. The molecule has 7 nitrogen and oxygen atoms in total. The molecule has 1 saturated heterocycles. The van der Waals surface area contributed by atoms with E-state index >= 15 is 0 Å². The number of nitrogens with one attached hydrogen (secondary N) is 3. The van der Waals surface area contributed by atoms with Gasteiger partial charge in [0.25, 0.3) is 5.91 Å². The minimum Gasteiger partial charge on any atom is -0.358 e. The van der Waals surface area contributed by atoms with Gasteiger partial charge in [-0.15, -0.1) is 0 Å². The Hall–Kier alpha value is -1.89. The van der Waals surface area contributed by atoms with Gasteiger partial charge in [0.1, 0.15) is 0 Å². The molecule has 1 amide bonds. The van der Waals surface area contributed by atoms with Crippen LogP contribution in [0.2, 0.25) is 0 Å². The number of carbonyl (C=O) groups excluding carboxylic acids is 1. The zero-order valence-corrected chi connectivity index (χ0v) is 7.82. The Kier molecular flexibility index (Phi) is 2.38. The third kappa shape index (κ3) is 1.96. The standard InChI is InChI=1S/C8H10N4O3/c13-8(10-5-3-9-4-5)6-1-2-7(11-6)12(14)15/h1-2,5,9,11H,3-4H2,(H,10,13). The molecule has 1 fully saturated rings. The molecule has 1 aliphatic rings. The summed E-state index contributed by atoms with van der Waals surface area (Å²) >= 11 is 0. The number of rotatable bonds is 3. The monoisotopic (exact) mass is 210 g/mol. The van der Waals surface area contributed by atoms with Crippen molar-refractivity contribution in [1.82, 2.24) is 15.6 Å². The van der Waals surface area contributed by atoms with Crippen LogP contribution in [0, 0.1) is 10.1 Å². The van der Waals surface area contributed by atoms with Crippen LogP contribution in [0.5, 0.6) is 0 Å². The van der Waals surface area contributed by atoms with Gasteiger partial charge in [0.15, 0.2) is 5.69 Å². The van der Waals surface area contributed by atoms with Gasteiger partial charge in [0.05, 0.1) is 6.04 Å². The number of carbonyl (C=O) groups is 1. The van der Waals surface area contributed by atoms with E-state index in [1.165, 1.54) is 12.1 Å². The Morgan fingerprint density at radius 3 is 2.73 bits per heavy atom. The van der Waals surface area contributed by atoms with Crippen molar-refractivity contribution < 1.29 is 9.72 Å². The van der Waals surface area contributed by atoms with E-state index in [4.69, 9.17) is 0 Å². The summed E-state index contributed by atoms with van der Waals surface area (Å²) in [7, 11) is 0. The van der Waals surface area contributed by atoms with Gasteiger partial charge in [-0.2, -0.15) is 0 Å². The number of aromatic nitrogens is 1. The summed E-state index contributed by atoms with van der Waals surface area (Å²) in [6.45, 7) is 1.49. The molecular weight excluding hydrogens is 200 g/mol. The molecule has 1 aromatic rings. The average Bonchev–Trinajstić information content (AvgIpc) is 2.59. The van der Waals surface area contributed by atoms with E-state index in [1.807, 2.05) is 0 Å². The summed E-state index contributed by atoms with van der Waals surface area (Å²) in [6, 6.07) is 2.80. The van der Waals surface area contributed by atoms with Gasteiger partial charge in [0.2, 0.25) is 0 Å². The Morgan fingerprint density at radius 1 is 1.53 bits per heavy atom. The highest BCUT2D eigenvalue weighted by atomic mass is 16.6. The topological polar surface area (TPSA) is 100 Å². The molecule has 0 saturated carbocycles. The quantitative estimate of drug-likeness (QED) is 0.467. The highest BCUT2D eigenvalue weighted by Gasteiger charge is 2.22. The average molecular weight is 210 g/mol. The van der Waals surface area contributed by atoms with Crippen molar-refractivity contribution in [1.29, 1.82) is 0 Å². The molecule has 7 heteroatoms. The molecule has 0 aromatic carbocycles. The molecule has 15 heavy (non-hydrogen) atoms. The molecule has 0 unspecified atom stereocenters. The first kappa shape index (κ1) is 9.66. The molecule has 80 valence electrons. The van der Waals surface area contributed by atoms with Crippen LogP contribution < -0.4 is 10.6 Å². The fourth-order valence-corrected chi connectivity index (χ4v) is 1.28. The van der Waals surface area contributed by atoms with Crippen LogP contribution in [-0.2, 0) is 0 Å². The molecule has 1 aromatic heterocycles. The van der Waals surface area contributed by atoms with Crippen LogP contribution in [0.4, 0.5) is 5.82 Å². The van der Waals surface area contributed by atoms with E-state index in [9.17, 15) is 14.9 Å². The van der Waals surface area contributed by atoms with Gasteiger partial charge < -0.3 is 20.7 Å². The number of hydrogen-bond acceptors (Lipinski definition) is 4. The second-order valence-corrected chi connectivity index (χ2v) is 3.34. The third-order valence-electron chi connectivity index (χ3n) is 2.23. The van der Waals surface area contributed by atoms with Gasteiger partial charge in [-0.3, -0.25) is 4.79 Å². The Balaban J connectivity index is 2.01. The van der Waals surface area contributed by atoms with Crippen LogP contribution in [0.1, 0.15) is 10.5 Å². The maximum Gasteiger partial charge on any atom is 0.321 e. The molecule has 3 N–H and O–H groups in total. The highest BCUT2D eigenvalue weighted by Crippen LogP contribution is 2.09. The molecule has 0 radical (unpaired) electrons. The Bertz CT molecular complexity index is 396. The van der Waals surface area contributed by atoms with Crippen LogP contribution in [0.15, 0.2) is 12.1 Å². The number of nitrogens with zero attached hydrogens (tertiary/aromatic N) is 1. The predicted octanol–water partition coefficient (Wildman–Crippen LogP) is -0.375. The fraction of sp³-hybridized carbons (Fsp3) is 0.375. The molecular formula is C8H10N4O3. The SMILES string of the molecule is O=C(NC1CNC1)c1ccc([N+](=O)[O-])[nH]1. The zero-order chi connectivity index (χ0) is 10.8.